The van der Waals surface area contributed by atoms with Gasteiger partial charge in [0.2, 0.25) is 0 Å². The molecule has 1 unspecified atom stereocenters. The number of rotatable bonds is 2. The number of benzene rings is 2. The normalized spacial score (nSPS) is 20.6. The molecule has 19 heavy (non-hydrogen) atoms. The third-order valence-electron chi connectivity index (χ3n) is 3.62. The first-order valence-electron chi connectivity index (χ1n) is 6.27. The van der Waals surface area contributed by atoms with Gasteiger partial charge in [0, 0.05) is 5.69 Å². The van der Waals surface area contributed by atoms with Crippen LogP contribution in [0.5, 0.6) is 0 Å². The van der Waals surface area contributed by atoms with Crippen molar-refractivity contribution < 1.29 is 4.39 Å². The Morgan fingerprint density at radius 2 is 2.00 bits per heavy atom. The van der Waals surface area contributed by atoms with Crippen molar-refractivity contribution in [1.82, 2.24) is 0 Å². The van der Waals surface area contributed by atoms with Crippen molar-refractivity contribution in [1.29, 1.82) is 5.26 Å². The molecule has 2 aromatic rings. The third kappa shape index (κ3) is 1.96. The molecule has 0 saturated carbocycles. The first-order valence-corrected chi connectivity index (χ1v) is 6.27. The Labute approximate surface area is 111 Å². The van der Waals surface area contributed by atoms with Crippen molar-refractivity contribution in [2.24, 2.45) is 0 Å². The summed E-state index contributed by atoms with van der Waals surface area (Å²) in [5, 5.41) is 12.8. The van der Waals surface area contributed by atoms with Gasteiger partial charge in [-0.15, -0.1) is 0 Å². The predicted octanol–water partition coefficient (Wildman–Crippen LogP) is 3.60. The highest BCUT2D eigenvalue weighted by molar-refractivity contribution is 5.55. The molecule has 0 saturated heterocycles. The number of hydrogen-bond donors (Lipinski definition) is 1. The van der Waals surface area contributed by atoms with Crippen molar-refractivity contribution in [3.8, 4) is 6.07 Å². The zero-order chi connectivity index (χ0) is 13.3. The maximum absolute atomic E-state index is 13.2. The summed E-state index contributed by atoms with van der Waals surface area (Å²) < 4.78 is 13.2. The molecule has 0 aromatic heterocycles. The highest BCUT2D eigenvalue weighted by Crippen LogP contribution is 2.39. The number of nitrogens with one attached hydrogen (secondary N) is 1. The summed E-state index contributed by atoms with van der Waals surface area (Å²) in [6.45, 7) is 0. The van der Waals surface area contributed by atoms with E-state index in [0.717, 1.165) is 12.0 Å². The second kappa shape index (κ2) is 4.40. The molecule has 0 aliphatic heterocycles. The lowest BCUT2D eigenvalue weighted by molar-refractivity contribution is 0.612. The van der Waals surface area contributed by atoms with Crippen LogP contribution in [0.15, 0.2) is 48.5 Å². The molecular weight excluding hydrogens is 239 g/mol. The van der Waals surface area contributed by atoms with Crippen molar-refractivity contribution in [2.75, 3.05) is 5.32 Å². The average Bonchev–Trinajstić information content (AvgIpc) is 2.79. The van der Waals surface area contributed by atoms with Crippen LogP contribution in [0.25, 0.3) is 0 Å². The summed E-state index contributed by atoms with van der Waals surface area (Å²) >= 11 is 0. The van der Waals surface area contributed by atoms with Crippen molar-refractivity contribution in [3.63, 3.8) is 0 Å². The summed E-state index contributed by atoms with van der Waals surface area (Å²) in [7, 11) is 0. The van der Waals surface area contributed by atoms with E-state index in [2.05, 4.69) is 11.4 Å². The quantitative estimate of drug-likeness (QED) is 0.886. The van der Waals surface area contributed by atoms with Crippen LogP contribution in [-0.2, 0) is 12.0 Å². The van der Waals surface area contributed by atoms with Crippen molar-refractivity contribution >= 4 is 5.69 Å². The minimum atomic E-state index is -0.746. The Hall–Kier alpha value is -2.34. The number of anilines is 1. The third-order valence-corrected chi connectivity index (χ3v) is 3.62. The minimum Gasteiger partial charge on any atom is -0.364 e. The molecular formula is C16H13FN2. The van der Waals surface area contributed by atoms with Gasteiger partial charge in [-0.25, -0.2) is 4.39 Å². The molecule has 0 amide bonds. The number of nitrogens with zero attached hydrogens (tertiary/aromatic N) is 1. The summed E-state index contributed by atoms with van der Waals surface area (Å²) in [6, 6.07) is 16.5. The van der Waals surface area contributed by atoms with Gasteiger partial charge in [-0.1, -0.05) is 30.3 Å². The molecule has 3 heteroatoms. The molecule has 2 nitrogen and oxygen atoms in total. The summed E-state index contributed by atoms with van der Waals surface area (Å²) in [4.78, 5) is 0. The Bertz CT molecular complexity index is 660. The second-order valence-electron chi connectivity index (χ2n) is 4.81. The van der Waals surface area contributed by atoms with E-state index >= 15 is 0 Å². The summed E-state index contributed by atoms with van der Waals surface area (Å²) in [6.07, 6.45) is 1.57. The van der Waals surface area contributed by atoms with Gasteiger partial charge >= 0.3 is 0 Å². The van der Waals surface area contributed by atoms with Crippen LogP contribution in [0, 0.1) is 17.1 Å². The minimum absolute atomic E-state index is 0.302. The molecule has 1 atom stereocenters. The van der Waals surface area contributed by atoms with Gasteiger partial charge in [0.05, 0.1) is 6.07 Å². The van der Waals surface area contributed by atoms with Crippen molar-refractivity contribution in [2.45, 2.75) is 18.4 Å². The second-order valence-corrected chi connectivity index (χ2v) is 4.81. The lowest BCUT2D eigenvalue weighted by atomic mass is 9.93. The monoisotopic (exact) mass is 252 g/mol. The maximum Gasteiger partial charge on any atom is 0.151 e. The van der Waals surface area contributed by atoms with E-state index in [1.54, 1.807) is 12.1 Å². The largest absolute Gasteiger partial charge is 0.364 e. The van der Waals surface area contributed by atoms with Gasteiger partial charge in [0.1, 0.15) is 5.82 Å². The summed E-state index contributed by atoms with van der Waals surface area (Å²) in [5.74, 6) is -0.302. The maximum atomic E-state index is 13.2. The molecule has 0 radical (unpaired) electrons. The van der Waals surface area contributed by atoms with Gasteiger partial charge in [0.15, 0.2) is 5.54 Å². The number of nitriles is 1. The van der Waals surface area contributed by atoms with Crippen LogP contribution in [-0.4, -0.2) is 0 Å². The molecule has 0 heterocycles. The van der Waals surface area contributed by atoms with Crippen LogP contribution >= 0.6 is 0 Å². The molecule has 3 rings (SSSR count). The van der Waals surface area contributed by atoms with E-state index in [0.29, 0.717) is 12.1 Å². The van der Waals surface area contributed by atoms with Gasteiger partial charge < -0.3 is 5.32 Å². The zero-order valence-electron chi connectivity index (χ0n) is 10.4. The van der Waals surface area contributed by atoms with Gasteiger partial charge in [0.25, 0.3) is 0 Å². The Morgan fingerprint density at radius 3 is 2.79 bits per heavy atom. The van der Waals surface area contributed by atoms with Crippen LogP contribution in [0.1, 0.15) is 17.5 Å². The van der Waals surface area contributed by atoms with Crippen LogP contribution in [0.4, 0.5) is 10.1 Å². The first-order chi connectivity index (χ1) is 9.23. The van der Waals surface area contributed by atoms with Crippen LogP contribution in [0.2, 0.25) is 0 Å². The van der Waals surface area contributed by atoms with E-state index in [1.165, 1.54) is 17.7 Å². The van der Waals surface area contributed by atoms with E-state index in [1.807, 2.05) is 24.3 Å². The molecule has 0 bridgehead atoms. The average molecular weight is 252 g/mol. The van der Waals surface area contributed by atoms with Crippen molar-refractivity contribution in [3.05, 3.63) is 65.5 Å². The number of aryl methyl sites for hydroxylation is 1. The van der Waals surface area contributed by atoms with Crippen LogP contribution < -0.4 is 5.32 Å². The smallest absolute Gasteiger partial charge is 0.151 e. The standard InChI is InChI=1S/C16H13FN2/c17-13-5-3-6-14(10-13)19-16(11-18)9-8-12-4-1-2-7-15(12)16/h1-7,10,19H,8-9H2. The van der Waals surface area contributed by atoms with E-state index in [9.17, 15) is 9.65 Å². The molecule has 1 aliphatic rings. The molecule has 2 aromatic carbocycles. The van der Waals surface area contributed by atoms with Gasteiger partial charge in [-0.05, 0) is 42.2 Å². The highest BCUT2D eigenvalue weighted by Gasteiger charge is 2.38. The Balaban J connectivity index is 2.01. The number of halogens is 1. The molecule has 94 valence electrons. The topological polar surface area (TPSA) is 35.8 Å². The zero-order valence-corrected chi connectivity index (χ0v) is 10.4. The molecule has 1 aliphatic carbocycles. The molecule has 1 N–H and O–H groups in total. The molecule has 0 spiro atoms. The Morgan fingerprint density at radius 1 is 1.16 bits per heavy atom. The van der Waals surface area contributed by atoms with E-state index < -0.39 is 5.54 Å². The van der Waals surface area contributed by atoms with Gasteiger partial charge in [-0.2, -0.15) is 5.26 Å². The lowest BCUT2D eigenvalue weighted by Gasteiger charge is -2.25. The van der Waals surface area contributed by atoms with Gasteiger partial charge in [-0.3, -0.25) is 0 Å². The fourth-order valence-corrected chi connectivity index (χ4v) is 2.70. The predicted molar refractivity (Wildman–Crippen MR) is 72.1 cm³/mol. The number of fused-ring (bicyclic) bond motifs is 1. The molecule has 0 fully saturated rings. The fraction of sp³-hybridized carbons (Fsp3) is 0.188. The SMILES string of the molecule is N#CC1(Nc2cccc(F)c2)CCc2ccccc21. The lowest BCUT2D eigenvalue weighted by Crippen LogP contribution is -2.31. The van der Waals surface area contributed by atoms with E-state index in [-0.39, 0.29) is 5.82 Å². The highest BCUT2D eigenvalue weighted by atomic mass is 19.1. The van der Waals surface area contributed by atoms with Crippen LogP contribution in [0.3, 0.4) is 0 Å². The summed E-state index contributed by atoms with van der Waals surface area (Å²) in [5.41, 5.74) is 2.08. The fourth-order valence-electron chi connectivity index (χ4n) is 2.70. The Kier molecular flexibility index (Phi) is 2.72. The number of hydrogen-bond acceptors (Lipinski definition) is 2. The van der Waals surface area contributed by atoms with E-state index in [4.69, 9.17) is 0 Å². The first kappa shape index (κ1) is 11.7.